The number of nitrogens with zero attached hydrogens (tertiary/aromatic N) is 3. The molecule has 19 heavy (non-hydrogen) atoms. The van der Waals surface area contributed by atoms with Crippen molar-refractivity contribution < 1.29 is 4.92 Å². The highest BCUT2D eigenvalue weighted by Gasteiger charge is 2.19. The Bertz CT molecular complexity index is 501. The van der Waals surface area contributed by atoms with Crippen LogP contribution in [-0.2, 0) is 0 Å². The Labute approximate surface area is 107 Å². The third-order valence-electron chi connectivity index (χ3n) is 1.95. The molecule has 11 nitrogen and oxygen atoms in total. The van der Waals surface area contributed by atoms with Crippen molar-refractivity contribution in [2.24, 2.45) is 33.1 Å². The van der Waals surface area contributed by atoms with Gasteiger partial charge in [0.05, 0.1) is 4.92 Å². The lowest BCUT2D eigenvalue weighted by Gasteiger charge is -2.04. The molecule has 0 fully saturated rings. The van der Waals surface area contributed by atoms with Crippen molar-refractivity contribution in [3.8, 4) is 0 Å². The van der Waals surface area contributed by atoms with Crippen LogP contribution in [0.4, 0.5) is 17.1 Å². The van der Waals surface area contributed by atoms with E-state index in [0.29, 0.717) is 0 Å². The Morgan fingerprint density at radius 1 is 1.11 bits per heavy atom. The van der Waals surface area contributed by atoms with Gasteiger partial charge in [-0.05, 0) is 12.1 Å². The van der Waals surface area contributed by atoms with E-state index in [9.17, 15) is 10.1 Å². The number of rotatable bonds is 3. The van der Waals surface area contributed by atoms with Gasteiger partial charge in [0.15, 0.2) is 0 Å². The van der Waals surface area contributed by atoms with Crippen LogP contribution in [0.15, 0.2) is 28.2 Å². The molecule has 0 unspecified atom stereocenters. The van der Waals surface area contributed by atoms with Gasteiger partial charge in [-0.25, -0.2) is 21.7 Å². The SMILES string of the molecule is NNC(N)=Nc1cccc(N=C(N)NN)c1[N+](=O)[O-]. The summed E-state index contributed by atoms with van der Waals surface area (Å²) in [5.74, 6) is 9.70. The van der Waals surface area contributed by atoms with Crippen LogP contribution in [-0.4, -0.2) is 16.8 Å². The topological polar surface area (TPSA) is 196 Å². The highest BCUT2D eigenvalue weighted by molar-refractivity contribution is 5.87. The van der Waals surface area contributed by atoms with Gasteiger partial charge in [-0.2, -0.15) is 0 Å². The van der Waals surface area contributed by atoms with Gasteiger partial charge >= 0.3 is 5.69 Å². The number of nitro groups is 1. The molecule has 0 aliphatic heterocycles. The smallest absolute Gasteiger partial charge is 0.320 e. The van der Waals surface area contributed by atoms with E-state index >= 15 is 0 Å². The van der Waals surface area contributed by atoms with Crippen molar-refractivity contribution in [3.05, 3.63) is 28.3 Å². The summed E-state index contributed by atoms with van der Waals surface area (Å²) in [4.78, 5) is 17.9. The first-order valence-electron chi connectivity index (χ1n) is 4.88. The average Bonchev–Trinajstić information content (AvgIpc) is 2.38. The number of hydrazine groups is 2. The number of guanidine groups is 2. The number of benzene rings is 1. The molecule has 0 amide bonds. The molecule has 0 spiro atoms. The van der Waals surface area contributed by atoms with Crippen molar-refractivity contribution in [2.45, 2.75) is 0 Å². The molecule has 0 bridgehead atoms. The van der Waals surface area contributed by atoms with Crippen LogP contribution in [0.25, 0.3) is 0 Å². The van der Waals surface area contributed by atoms with Crippen molar-refractivity contribution in [1.29, 1.82) is 0 Å². The molecule has 0 heterocycles. The molecule has 0 saturated carbocycles. The van der Waals surface area contributed by atoms with Crippen LogP contribution in [0.1, 0.15) is 0 Å². The lowest BCUT2D eigenvalue weighted by atomic mass is 10.2. The van der Waals surface area contributed by atoms with Crippen molar-refractivity contribution in [2.75, 3.05) is 0 Å². The molecule has 0 aliphatic rings. The van der Waals surface area contributed by atoms with Gasteiger partial charge in [-0.15, -0.1) is 0 Å². The van der Waals surface area contributed by atoms with E-state index in [4.69, 9.17) is 23.2 Å². The van der Waals surface area contributed by atoms with Crippen LogP contribution in [0.5, 0.6) is 0 Å². The molecular formula is C8H13N9O2. The third kappa shape index (κ3) is 3.52. The molecule has 1 aromatic rings. The number of nitrogens with two attached hydrogens (primary N) is 4. The molecule has 0 saturated heterocycles. The Kier molecular flexibility index (Phi) is 4.56. The summed E-state index contributed by atoms with van der Waals surface area (Å²) in [5.41, 5.74) is 14.4. The van der Waals surface area contributed by atoms with Gasteiger partial charge in [-0.3, -0.25) is 21.0 Å². The Morgan fingerprint density at radius 2 is 1.53 bits per heavy atom. The number of aliphatic imine (C=N–C) groups is 2. The maximum Gasteiger partial charge on any atom is 0.320 e. The zero-order chi connectivity index (χ0) is 14.4. The van der Waals surface area contributed by atoms with Gasteiger partial charge in [0.2, 0.25) is 11.9 Å². The number of hydrogen-bond donors (Lipinski definition) is 6. The number of para-hydroxylation sites is 1. The van der Waals surface area contributed by atoms with E-state index in [1.54, 1.807) is 0 Å². The molecule has 1 rings (SSSR count). The maximum atomic E-state index is 11.1. The maximum absolute atomic E-state index is 11.1. The normalized spacial score (nSPS) is 12.1. The van der Waals surface area contributed by atoms with Gasteiger partial charge in [0.1, 0.15) is 11.4 Å². The molecule has 0 atom stereocenters. The molecule has 0 aromatic heterocycles. The quantitative estimate of drug-likeness (QED) is 0.124. The molecular weight excluding hydrogens is 254 g/mol. The zero-order valence-corrected chi connectivity index (χ0v) is 9.70. The van der Waals surface area contributed by atoms with Crippen LogP contribution in [0.3, 0.4) is 0 Å². The first-order valence-corrected chi connectivity index (χ1v) is 4.88. The van der Waals surface area contributed by atoms with Gasteiger partial charge < -0.3 is 11.5 Å². The van der Waals surface area contributed by atoms with Crippen LogP contribution < -0.4 is 34.0 Å². The monoisotopic (exact) mass is 267 g/mol. The second-order valence-corrected chi connectivity index (χ2v) is 3.18. The lowest BCUT2D eigenvalue weighted by molar-refractivity contribution is -0.383. The van der Waals surface area contributed by atoms with Crippen LogP contribution >= 0.6 is 0 Å². The summed E-state index contributed by atoms with van der Waals surface area (Å²) in [6, 6.07) is 4.26. The first-order chi connectivity index (χ1) is 8.99. The fourth-order valence-corrected chi connectivity index (χ4v) is 1.21. The summed E-state index contributed by atoms with van der Waals surface area (Å²) >= 11 is 0. The predicted octanol–water partition coefficient (Wildman–Crippen LogP) is -1.59. The molecule has 0 aliphatic carbocycles. The van der Waals surface area contributed by atoms with E-state index in [-0.39, 0.29) is 29.0 Å². The fraction of sp³-hybridized carbons (Fsp3) is 0. The summed E-state index contributed by atoms with van der Waals surface area (Å²) in [6.45, 7) is 0. The first kappa shape index (κ1) is 14.1. The molecule has 102 valence electrons. The van der Waals surface area contributed by atoms with E-state index in [0.717, 1.165) is 0 Å². The van der Waals surface area contributed by atoms with E-state index in [2.05, 4.69) is 20.8 Å². The van der Waals surface area contributed by atoms with E-state index < -0.39 is 4.92 Å². The fourth-order valence-electron chi connectivity index (χ4n) is 1.21. The van der Waals surface area contributed by atoms with Gasteiger partial charge in [-0.1, -0.05) is 6.07 Å². The van der Waals surface area contributed by atoms with Crippen molar-refractivity contribution in [3.63, 3.8) is 0 Å². The van der Waals surface area contributed by atoms with E-state index in [1.165, 1.54) is 18.2 Å². The minimum Gasteiger partial charge on any atom is -0.369 e. The zero-order valence-electron chi connectivity index (χ0n) is 9.70. The largest absolute Gasteiger partial charge is 0.369 e. The second kappa shape index (κ2) is 6.13. The molecule has 0 radical (unpaired) electrons. The Morgan fingerprint density at radius 3 is 1.84 bits per heavy atom. The second-order valence-electron chi connectivity index (χ2n) is 3.18. The third-order valence-corrected chi connectivity index (χ3v) is 1.95. The number of hydrogen-bond acceptors (Lipinski definition) is 6. The number of nitro benzene ring substituents is 1. The summed E-state index contributed by atoms with van der Waals surface area (Å²) in [5, 5.41) is 11.1. The Balaban J connectivity index is 3.42. The van der Waals surface area contributed by atoms with Gasteiger partial charge in [0.25, 0.3) is 0 Å². The molecule has 1 aromatic carbocycles. The minimum atomic E-state index is -0.661. The highest BCUT2D eigenvalue weighted by atomic mass is 16.6. The van der Waals surface area contributed by atoms with Gasteiger partial charge in [0, 0.05) is 0 Å². The molecule has 11 heteroatoms. The summed E-state index contributed by atoms with van der Waals surface area (Å²) in [6.07, 6.45) is 0. The molecule has 10 N–H and O–H groups in total. The van der Waals surface area contributed by atoms with Crippen molar-refractivity contribution >= 4 is 29.0 Å². The number of nitrogens with one attached hydrogen (secondary N) is 2. The summed E-state index contributed by atoms with van der Waals surface area (Å²) < 4.78 is 0. The van der Waals surface area contributed by atoms with Crippen LogP contribution in [0.2, 0.25) is 0 Å². The average molecular weight is 267 g/mol. The minimum absolute atomic E-state index is 0.0217. The van der Waals surface area contributed by atoms with Crippen LogP contribution in [0, 0.1) is 10.1 Å². The highest BCUT2D eigenvalue weighted by Crippen LogP contribution is 2.36. The Hall–Kier alpha value is -2.92. The predicted molar refractivity (Wildman–Crippen MR) is 70.3 cm³/mol. The van der Waals surface area contributed by atoms with Crippen molar-refractivity contribution in [1.82, 2.24) is 10.9 Å². The van der Waals surface area contributed by atoms with E-state index in [1.807, 2.05) is 0 Å². The lowest BCUT2D eigenvalue weighted by Crippen LogP contribution is -2.36. The summed E-state index contributed by atoms with van der Waals surface area (Å²) in [7, 11) is 0. The standard InChI is InChI=1S/C8H13N9O2/c9-7(15-11)13-4-2-1-3-5(6(4)17(18)19)14-8(10)16-12/h1-3H,11-12H2,(H3,9,13,15)(H3,10,14,16).